The normalized spacial score (nSPS) is 10.4. The van der Waals surface area contributed by atoms with Gasteiger partial charge in [-0.3, -0.25) is 0 Å². The summed E-state index contributed by atoms with van der Waals surface area (Å²) < 4.78 is 11.0. The molecule has 0 fully saturated rings. The summed E-state index contributed by atoms with van der Waals surface area (Å²) in [5.74, 6) is 0.556. The van der Waals surface area contributed by atoms with Gasteiger partial charge in [-0.05, 0) is 24.6 Å². The summed E-state index contributed by atoms with van der Waals surface area (Å²) in [4.78, 5) is 0. The third kappa shape index (κ3) is 6.24. The van der Waals surface area contributed by atoms with E-state index in [0.717, 1.165) is 12.0 Å². The maximum atomic E-state index is 6.14. The topological polar surface area (TPSA) is 18.5 Å². The Bertz CT molecular complexity index is 419. The van der Waals surface area contributed by atoms with Crippen molar-refractivity contribution >= 4 is 46.4 Å². The lowest BCUT2D eigenvalue weighted by atomic mass is 10.2. The fourth-order valence-corrected chi connectivity index (χ4v) is 2.02. The molecule has 0 aromatic heterocycles. The molecule has 106 valence electrons. The molecule has 0 spiro atoms. The van der Waals surface area contributed by atoms with Gasteiger partial charge in [0.25, 0.3) is 0 Å². The van der Waals surface area contributed by atoms with Crippen molar-refractivity contribution in [1.82, 2.24) is 0 Å². The highest BCUT2D eigenvalue weighted by Gasteiger charge is 2.09. The summed E-state index contributed by atoms with van der Waals surface area (Å²) in [7, 11) is 0. The summed E-state index contributed by atoms with van der Waals surface area (Å²) in [6.45, 7) is 3.35. The molecule has 0 atom stereocenters. The number of hydrogen-bond acceptors (Lipinski definition) is 2. The van der Waals surface area contributed by atoms with Crippen LogP contribution in [0.2, 0.25) is 10.0 Å². The fraction of sp³-hybridized carbons (Fsp3) is 0.385. The molecule has 1 aromatic carbocycles. The molecule has 0 saturated carbocycles. The molecular weight excluding hydrogens is 330 g/mol. The standard InChI is InChI=1S/C13H14Cl4O2/c1-2-4-18-8-10-11(14)6-9(7-12(10)15)19-5-3-13(16)17/h3,6-7H,2,4-5,8H2,1H3. The second kappa shape index (κ2) is 8.93. The quantitative estimate of drug-likeness (QED) is 0.598. The van der Waals surface area contributed by atoms with Gasteiger partial charge in [-0.25, -0.2) is 0 Å². The average molecular weight is 344 g/mol. The highest BCUT2D eigenvalue weighted by atomic mass is 35.5. The van der Waals surface area contributed by atoms with E-state index in [4.69, 9.17) is 55.9 Å². The molecular formula is C13H14Cl4O2. The van der Waals surface area contributed by atoms with E-state index >= 15 is 0 Å². The minimum atomic E-state index is 0.154. The predicted octanol–water partition coefficient (Wildman–Crippen LogP) is 5.62. The number of halogens is 4. The molecule has 1 rings (SSSR count). The van der Waals surface area contributed by atoms with Crippen LogP contribution in [-0.4, -0.2) is 13.2 Å². The van der Waals surface area contributed by atoms with Crippen molar-refractivity contribution in [3.63, 3.8) is 0 Å². The van der Waals surface area contributed by atoms with E-state index in [9.17, 15) is 0 Å². The van der Waals surface area contributed by atoms with Gasteiger partial charge in [-0.15, -0.1) is 0 Å². The summed E-state index contributed by atoms with van der Waals surface area (Å²) in [6, 6.07) is 3.38. The summed E-state index contributed by atoms with van der Waals surface area (Å²) in [5.41, 5.74) is 0.759. The lowest BCUT2D eigenvalue weighted by molar-refractivity contribution is 0.121. The Labute approximate surface area is 133 Å². The van der Waals surface area contributed by atoms with Crippen LogP contribution in [0.1, 0.15) is 18.9 Å². The van der Waals surface area contributed by atoms with Crippen molar-refractivity contribution in [3.05, 3.63) is 38.3 Å². The Balaban J connectivity index is 2.70. The zero-order chi connectivity index (χ0) is 14.3. The Morgan fingerprint density at radius 3 is 2.37 bits per heavy atom. The van der Waals surface area contributed by atoms with Gasteiger partial charge < -0.3 is 9.47 Å². The Kier molecular flexibility index (Phi) is 7.96. The Morgan fingerprint density at radius 1 is 1.21 bits per heavy atom. The van der Waals surface area contributed by atoms with Gasteiger partial charge in [0.2, 0.25) is 0 Å². The highest BCUT2D eigenvalue weighted by molar-refractivity contribution is 6.55. The van der Waals surface area contributed by atoms with Crippen molar-refractivity contribution < 1.29 is 9.47 Å². The number of benzene rings is 1. The van der Waals surface area contributed by atoms with Crippen molar-refractivity contribution in [2.75, 3.05) is 13.2 Å². The summed E-state index contributed by atoms with van der Waals surface area (Å²) >= 11 is 23.2. The molecule has 0 radical (unpaired) electrons. The van der Waals surface area contributed by atoms with Crippen molar-refractivity contribution in [1.29, 1.82) is 0 Å². The van der Waals surface area contributed by atoms with Crippen LogP contribution >= 0.6 is 46.4 Å². The van der Waals surface area contributed by atoms with E-state index in [1.165, 1.54) is 6.08 Å². The smallest absolute Gasteiger partial charge is 0.122 e. The van der Waals surface area contributed by atoms with E-state index in [1.54, 1.807) is 12.1 Å². The van der Waals surface area contributed by atoms with Crippen molar-refractivity contribution in [2.45, 2.75) is 20.0 Å². The molecule has 0 aliphatic heterocycles. The van der Waals surface area contributed by atoms with Gasteiger partial charge >= 0.3 is 0 Å². The van der Waals surface area contributed by atoms with E-state index in [2.05, 4.69) is 0 Å². The van der Waals surface area contributed by atoms with Crippen molar-refractivity contribution in [3.8, 4) is 5.75 Å². The number of rotatable bonds is 7. The van der Waals surface area contributed by atoms with Crippen molar-refractivity contribution in [2.24, 2.45) is 0 Å². The molecule has 0 N–H and O–H groups in total. The first-order valence-electron chi connectivity index (χ1n) is 5.74. The van der Waals surface area contributed by atoms with Crippen LogP contribution in [0.3, 0.4) is 0 Å². The molecule has 0 heterocycles. The largest absolute Gasteiger partial charge is 0.489 e. The van der Waals surface area contributed by atoms with E-state index < -0.39 is 0 Å². The van der Waals surface area contributed by atoms with Gasteiger partial charge in [0.1, 0.15) is 16.8 Å². The number of hydrogen-bond donors (Lipinski definition) is 0. The zero-order valence-electron chi connectivity index (χ0n) is 10.4. The molecule has 0 aliphatic carbocycles. The van der Waals surface area contributed by atoms with Crippen LogP contribution in [0.5, 0.6) is 5.75 Å². The van der Waals surface area contributed by atoms with E-state index in [-0.39, 0.29) is 11.1 Å². The zero-order valence-corrected chi connectivity index (χ0v) is 13.4. The molecule has 2 nitrogen and oxygen atoms in total. The van der Waals surface area contributed by atoms with Crippen LogP contribution in [0.25, 0.3) is 0 Å². The lowest BCUT2D eigenvalue weighted by Crippen LogP contribution is -1.98. The third-order valence-electron chi connectivity index (χ3n) is 2.20. The van der Waals surface area contributed by atoms with Crippen LogP contribution in [0.15, 0.2) is 22.7 Å². The third-order valence-corrected chi connectivity index (χ3v) is 3.18. The molecule has 6 heteroatoms. The Morgan fingerprint density at radius 2 is 1.84 bits per heavy atom. The Hall–Kier alpha value is -0.120. The van der Waals surface area contributed by atoms with Gasteiger partial charge in [0.05, 0.1) is 16.7 Å². The first-order chi connectivity index (χ1) is 9.04. The molecule has 0 saturated heterocycles. The van der Waals surface area contributed by atoms with Crippen LogP contribution in [0.4, 0.5) is 0 Å². The van der Waals surface area contributed by atoms with Gasteiger partial charge in [-0.2, -0.15) is 0 Å². The minimum Gasteiger partial charge on any atom is -0.489 e. The lowest BCUT2D eigenvalue weighted by Gasteiger charge is -2.10. The van der Waals surface area contributed by atoms with E-state index in [0.29, 0.717) is 29.0 Å². The first kappa shape index (κ1) is 16.9. The van der Waals surface area contributed by atoms with Gasteiger partial charge in [-0.1, -0.05) is 53.3 Å². The monoisotopic (exact) mass is 342 g/mol. The average Bonchev–Trinajstić information content (AvgIpc) is 2.32. The highest BCUT2D eigenvalue weighted by Crippen LogP contribution is 2.31. The molecule has 0 aliphatic rings. The van der Waals surface area contributed by atoms with Crippen LogP contribution in [-0.2, 0) is 11.3 Å². The first-order valence-corrected chi connectivity index (χ1v) is 7.25. The minimum absolute atomic E-state index is 0.154. The second-order valence-electron chi connectivity index (χ2n) is 3.72. The molecule has 0 unspecified atom stereocenters. The summed E-state index contributed by atoms with van der Waals surface area (Å²) in [5, 5.41) is 1.03. The maximum Gasteiger partial charge on any atom is 0.122 e. The molecule has 0 amide bonds. The van der Waals surface area contributed by atoms with Crippen LogP contribution < -0.4 is 4.74 Å². The SMILES string of the molecule is CCCOCc1c(Cl)cc(OCC=C(Cl)Cl)cc1Cl. The van der Waals surface area contributed by atoms with E-state index in [1.807, 2.05) is 6.92 Å². The summed E-state index contributed by atoms with van der Waals surface area (Å²) in [6.07, 6.45) is 2.48. The maximum absolute atomic E-state index is 6.14. The number of ether oxygens (including phenoxy) is 2. The second-order valence-corrected chi connectivity index (χ2v) is 5.55. The molecule has 0 bridgehead atoms. The van der Waals surface area contributed by atoms with Gasteiger partial charge in [0, 0.05) is 12.2 Å². The van der Waals surface area contributed by atoms with Gasteiger partial charge in [0.15, 0.2) is 0 Å². The predicted molar refractivity (Wildman–Crippen MR) is 81.7 cm³/mol. The molecule has 1 aromatic rings. The fourth-order valence-electron chi connectivity index (χ4n) is 1.32. The molecule has 19 heavy (non-hydrogen) atoms. The van der Waals surface area contributed by atoms with Crippen LogP contribution in [0, 0.1) is 0 Å².